The van der Waals surface area contributed by atoms with E-state index in [-0.39, 0.29) is 6.10 Å². The van der Waals surface area contributed by atoms with Crippen molar-refractivity contribution >= 4 is 11.9 Å². The number of aliphatic imine (C=N–C) groups is 2. The highest BCUT2D eigenvalue weighted by atomic mass is 16.5. The van der Waals surface area contributed by atoms with E-state index >= 15 is 0 Å². The number of hydrogen-bond donors (Lipinski definition) is 1. The molecule has 0 radical (unpaired) electrons. The molecular weight excluding hydrogens is 422 g/mol. The van der Waals surface area contributed by atoms with Crippen molar-refractivity contribution in [2.24, 2.45) is 21.1 Å². The van der Waals surface area contributed by atoms with Crippen molar-refractivity contribution in [3.63, 3.8) is 0 Å². The van der Waals surface area contributed by atoms with E-state index in [1.54, 1.807) is 35.5 Å². The predicted molar refractivity (Wildman–Crippen MR) is 129 cm³/mol. The average Bonchev–Trinajstić information content (AvgIpc) is 2.85. The van der Waals surface area contributed by atoms with Gasteiger partial charge in [-0.15, -0.1) is 0 Å². The summed E-state index contributed by atoms with van der Waals surface area (Å²) in [7, 11) is 8.23. The first-order valence-electron chi connectivity index (χ1n) is 10.7. The summed E-state index contributed by atoms with van der Waals surface area (Å²) in [5, 5.41) is 0. The van der Waals surface area contributed by atoms with Crippen LogP contribution >= 0.6 is 0 Å². The van der Waals surface area contributed by atoms with Crippen molar-refractivity contribution < 1.29 is 23.7 Å². The summed E-state index contributed by atoms with van der Waals surface area (Å²) >= 11 is 0. The number of rotatable bonds is 10. The molecule has 0 fully saturated rings. The third kappa shape index (κ3) is 5.12. The maximum absolute atomic E-state index is 6.13. The zero-order valence-corrected chi connectivity index (χ0v) is 20.1. The molecule has 0 spiro atoms. The van der Waals surface area contributed by atoms with Crippen LogP contribution in [-0.2, 0) is 17.6 Å². The molecule has 3 rings (SSSR count). The Morgan fingerprint density at radius 2 is 1.45 bits per heavy atom. The van der Waals surface area contributed by atoms with Gasteiger partial charge in [-0.05, 0) is 31.0 Å². The first kappa shape index (κ1) is 24.5. The summed E-state index contributed by atoms with van der Waals surface area (Å²) < 4.78 is 27.8. The normalized spacial score (nSPS) is 20.7. The Balaban J connectivity index is 2.07. The van der Waals surface area contributed by atoms with Crippen molar-refractivity contribution in [3.8, 4) is 23.0 Å². The lowest BCUT2D eigenvalue weighted by molar-refractivity contribution is 0.0685. The van der Waals surface area contributed by atoms with E-state index in [0.717, 1.165) is 34.1 Å². The predicted octanol–water partition coefficient (Wildman–Crippen LogP) is 3.30. The molecule has 0 aliphatic carbocycles. The second-order valence-electron chi connectivity index (χ2n) is 7.89. The molecule has 0 aromatic heterocycles. The second kappa shape index (κ2) is 10.7. The first-order valence-corrected chi connectivity index (χ1v) is 10.7. The number of hydrogen-bond acceptors (Lipinski definition) is 8. The van der Waals surface area contributed by atoms with E-state index in [1.807, 2.05) is 49.5 Å². The Bertz CT molecular complexity index is 1020. The van der Waals surface area contributed by atoms with Gasteiger partial charge in [0, 0.05) is 43.2 Å². The molecule has 1 heterocycles. The highest BCUT2D eigenvalue weighted by Crippen LogP contribution is 2.38. The lowest BCUT2D eigenvalue weighted by atomic mass is 9.71. The van der Waals surface area contributed by atoms with E-state index in [1.165, 1.54) is 0 Å². The molecule has 8 heteroatoms. The highest BCUT2D eigenvalue weighted by Gasteiger charge is 2.43. The third-order valence-corrected chi connectivity index (χ3v) is 6.19. The topological polar surface area (TPSA) is 96.9 Å². The molecule has 1 aliphatic rings. The van der Waals surface area contributed by atoms with Gasteiger partial charge in [0.15, 0.2) is 6.29 Å². The van der Waals surface area contributed by atoms with Gasteiger partial charge in [0.1, 0.15) is 23.0 Å². The maximum atomic E-state index is 6.13. The molecule has 0 saturated carbocycles. The lowest BCUT2D eigenvalue weighted by Gasteiger charge is -2.39. The van der Waals surface area contributed by atoms with Crippen LogP contribution in [0.3, 0.4) is 0 Å². The molecule has 3 unspecified atom stereocenters. The molecule has 0 bridgehead atoms. The Kier molecular flexibility index (Phi) is 7.94. The fraction of sp³-hybridized carbons (Fsp3) is 0.440. The van der Waals surface area contributed by atoms with Gasteiger partial charge in [0.2, 0.25) is 0 Å². The Labute approximate surface area is 195 Å². The highest BCUT2D eigenvalue weighted by molar-refractivity contribution is 6.06. The molecule has 33 heavy (non-hydrogen) atoms. The molecular formula is C25H33N3O5. The van der Waals surface area contributed by atoms with Gasteiger partial charge in [0.25, 0.3) is 0 Å². The van der Waals surface area contributed by atoms with Crippen molar-refractivity contribution in [2.45, 2.75) is 32.2 Å². The minimum Gasteiger partial charge on any atom is -0.497 e. The molecule has 178 valence electrons. The zero-order chi connectivity index (χ0) is 24.0. The number of ether oxygens (including phenoxy) is 5. The molecule has 0 saturated heterocycles. The summed E-state index contributed by atoms with van der Waals surface area (Å²) in [5.74, 6) is 2.88. The average molecular weight is 456 g/mol. The Hall–Kier alpha value is -3.10. The molecule has 2 aromatic carbocycles. The lowest BCUT2D eigenvalue weighted by Crippen LogP contribution is -2.49. The smallest absolute Gasteiger partial charge is 0.190 e. The molecule has 2 N–H and O–H groups in total. The largest absolute Gasteiger partial charge is 0.497 e. The van der Waals surface area contributed by atoms with E-state index in [0.29, 0.717) is 18.6 Å². The van der Waals surface area contributed by atoms with E-state index in [4.69, 9.17) is 34.4 Å². The Morgan fingerprint density at radius 3 is 2.00 bits per heavy atom. The number of methoxy groups -OCH3 is 5. The minimum atomic E-state index is -0.667. The fourth-order valence-electron chi connectivity index (χ4n) is 4.14. The van der Waals surface area contributed by atoms with Crippen LogP contribution in [0, 0.1) is 5.41 Å². The maximum Gasteiger partial charge on any atom is 0.190 e. The van der Waals surface area contributed by atoms with Gasteiger partial charge in [-0.3, -0.25) is 15.7 Å². The van der Waals surface area contributed by atoms with E-state index < -0.39 is 11.7 Å². The molecule has 3 atom stereocenters. The minimum absolute atomic E-state index is 0.233. The van der Waals surface area contributed by atoms with Gasteiger partial charge in [-0.2, -0.15) is 0 Å². The van der Waals surface area contributed by atoms with Crippen molar-refractivity contribution in [1.29, 1.82) is 0 Å². The van der Waals surface area contributed by atoms with Crippen LogP contribution < -0.4 is 24.7 Å². The van der Waals surface area contributed by atoms with Crippen LogP contribution in [0.15, 0.2) is 46.4 Å². The molecule has 1 aliphatic heterocycles. The molecule has 0 amide bonds. The van der Waals surface area contributed by atoms with Crippen LogP contribution in [0.5, 0.6) is 23.0 Å². The van der Waals surface area contributed by atoms with Crippen LogP contribution in [0.1, 0.15) is 18.1 Å². The number of nitrogens with zero attached hydrogens (tertiary/aromatic N) is 2. The Morgan fingerprint density at radius 1 is 0.879 bits per heavy atom. The van der Waals surface area contributed by atoms with Gasteiger partial charge in [-0.1, -0.05) is 12.1 Å². The SMILES string of the molecule is COc1ccc(CC2=NC(N)N=CC2(Cc2ccc(OC)cc2OC)C(C)OC)c(OC)c1. The van der Waals surface area contributed by atoms with Gasteiger partial charge >= 0.3 is 0 Å². The van der Waals surface area contributed by atoms with Gasteiger partial charge < -0.3 is 23.7 Å². The first-order chi connectivity index (χ1) is 15.9. The number of nitrogens with two attached hydrogens (primary N) is 1. The summed E-state index contributed by atoms with van der Waals surface area (Å²) in [5.41, 5.74) is 8.30. The third-order valence-electron chi connectivity index (χ3n) is 6.19. The van der Waals surface area contributed by atoms with Gasteiger partial charge in [0.05, 0.1) is 40.0 Å². The standard InChI is InChI=1S/C25H33N3O5/c1-16(29-2)25(14-18-8-10-20(31-4)13-22(18)33-6)15-27-24(26)28-23(25)11-17-7-9-19(30-3)12-21(17)32-5/h7-10,12-13,15-16,24H,11,14,26H2,1-6H3. The number of benzene rings is 2. The second-order valence-corrected chi connectivity index (χ2v) is 7.89. The van der Waals surface area contributed by atoms with Crippen LogP contribution in [0.25, 0.3) is 0 Å². The van der Waals surface area contributed by atoms with Gasteiger partial charge in [-0.25, -0.2) is 0 Å². The molecule has 8 nitrogen and oxygen atoms in total. The van der Waals surface area contributed by atoms with E-state index in [9.17, 15) is 0 Å². The van der Waals surface area contributed by atoms with Crippen LogP contribution in [-0.4, -0.2) is 59.9 Å². The summed E-state index contributed by atoms with van der Waals surface area (Å²) in [6.07, 6.45) is 2.05. The summed E-state index contributed by atoms with van der Waals surface area (Å²) in [4.78, 5) is 9.24. The molecule has 2 aromatic rings. The van der Waals surface area contributed by atoms with Crippen molar-refractivity contribution in [1.82, 2.24) is 0 Å². The van der Waals surface area contributed by atoms with Crippen molar-refractivity contribution in [3.05, 3.63) is 47.5 Å². The zero-order valence-electron chi connectivity index (χ0n) is 20.1. The van der Waals surface area contributed by atoms with Crippen LogP contribution in [0.2, 0.25) is 0 Å². The fourth-order valence-corrected chi connectivity index (χ4v) is 4.14. The van der Waals surface area contributed by atoms with E-state index in [2.05, 4.69) is 4.99 Å². The van der Waals surface area contributed by atoms with Crippen LogP contribution in [0.4, 0.5) is 0 Å². The monoisotopic (exact) mass is 455 g/mol. The summed E-state index contributed by atoms with van der Waals surface area (Å²) in [6, 6.07) is 11.5. The van der Waals surface area contributed by atoms with Crippen molar-refractivity contribution in [2.75, 3.05) is 35.5 Å². The summed E-state index contributed by atoms with van der Waals surface area (Å²) in [6.45, 7) is 2.01. The quantitative estimate of drug-likeness (QED) is 0.591.